The van der Waals surface area contributed by atoms with Crippen LogP contribution in [0.4, 0.5) is 15.8 Å². The minimum atomic E-state index is -0.441. The first-order valence-corrected chi connectivity index (χ1v) is 7.57. The van der Waals surface area contributed by atoms with Gasteiger partial charge in [-0.15, -0.1) is 0 Å². The fourth-order valence-electron chi connectivity index (χ4n) is 2.80. The number of carbonyl (C=O) groups is 2. The van der Waals surface area contributed by atoms with Crippen molar-refractivity contribution in [2.75, 3.05) is 16.8 Å². The third-order valence-electron chi connectivity index (χ3n) is 3.83. The zero-order valence-electron chi connectivity index (χ0n) is 12.6. The lowest BCUT2D eigenvalue weighted by Crippen LogP contribution is -2.37. The lowest BCUT2D eigenvalue weighted by molar-refractivity contribution is -0.125. The van der Waals surface area contributed by atoms with Gasteiger partial charge < -0.3 is 10.2 Å². The molecule has 1 N–H and O–H groups in total. The molecular weight excluding hydrogens is 295 g/mol. The van der Waals surface area contributed by atoms with Crippen LogP contribution in [0.25, 0.3) is 0 Å². The Bertz CT molecular complexity index is 745. The smallest absolute Gasteiger partial charge is 0.236 e. The maximum Gasteiger partial charge on any atom is 0.236 e. The van der Waals surface area contributed by atoms with Gasteiger partial charge in [-0.25, -0.2) is 4.39 Å². The number of aryl methyl sites for hydroxylation is 1. The molecule has 0 aliphatic carbocycles. The van der Waals surface area contributed by atoms with Crippen molar-refractivity contribution in [3.05, 3.63) is 59.9 Å². The number of halogens is 1. The van der Waals surface area contributed by atoms with E-state index in [2.05, 4.69) is 5.32 Å². The molecule has 2 amide bonds. The van der Waals surface area contributed by atoms with Crippen LogP contribution in [-0.2, 0) is 16.0 Å². The summed E-state index contributed by atoms with van der Waals surface area (Å²) in [5, 5.41) is 2.55. The highest BCUT2D eigenvalue weighted by Gasteiger charge is 2.23. The van der Waals surface area contributed by atoms with Gasteiger partial charge in [0, 0.05) is 17.9 Å². The number of nitrogens with one attached hydrogen (secondary N) is 1. The third kappa shape index (κ3) is 3.56. The van der Waals surface area contributed by atoms with Crippen molar-refractivity contribution in [2.45, 2.75) is 19.3 Å². The Kier molecular flexibility index (Phi) is 4.37. The molecule has 3 rings (SSSR count). The van der Waals surface area contributed by atoms with E-state index in [1.54, 1.807) is 11.0 Å². The number of benzene rings is 2. The highest BCUT2D eigenvalue weighted by molar-refractivity contribution is 6.09. The maximum absolute atomic E-state index is 13.1. The Balaban J connectivity index is 1.67. The van der Waals surface area contributed by atoms with Crippen molar-refractivity contribution < 1.29 is 14.0 Å². The molecule has 118 valence electrons. The van der Waals surface area contributed by atoms with E-state index in [-0.39, 0.29) is 12.3 Å². The van der Waals surface area contributed by atoms with Gasteiger partial charge in [-0.3, -0.25) is 9.59 Å². The van der Waals surface area contributed by atoms with Gasteiger partial charge in [-0.05, 0) is 42.7 Å². The predicted molar refractivity (Wildman–Crippen MR) is 86.8 cm³/mol. The van der Waals surface area contributed by atoms with Gasteiger partial charge in [0.15, 0.2) is 0 Å². The molecule has 0 aromatic heterocycles. The molecule has 1 aliphatic rings. The van der Waals surface area contributed by atoms with Crippen molar-refractivity contribution >= 4 is 23.2 Å². The van der Waals surface area contributed by atoms with Crippen LogP contribution < -0.4 is 10.2 Å². The molecular formula is C18H17FN2O2. The fourth-order valence-corrected chi connectivity index (χ4v) is 2.80. The number of fused-ring (bicyclic) bond motifs is 1. The molecule has 0 saturated carbocycles. The number of hydrogen-bond donors (Lipinski definition) is 1. The molecule has 23 heavy (non-hydrogen) atoms. The van der Waals surface area contributed by atoms with Crippen LogP contribution in [0.15, 0.2) is 48.5 Å². The third-order valence-corrected chi connectivity index (χ3v) is 3.83. The number of amides is 2. The van der Waals surface area contributed by atoms with Crippen LogP contribution >= 0.6 is 0 Å². The summed E-state index contributed by atoms with van der Waals surface area (Å²) in [5.74, 6) is -1.12. The van der Waals surface area contributed by atoms with E-state index in [9.17, 15) is 14.0 Å². The van der Waals surface area contributed by atoms with Gasteiger partial charge in [0.2, 0.25) is 11.8 Å². The predicted octanol–water partition coefficient (Wildman–Crippen LogP) is 3.13. The maximum atomic E-state index is 13.1. The van der Waals surface area contributed by atoms with Gasteiger partial charge in [0.05, 0.1) is 0 Å². The standard InChI is InChI=1S/C18H17FN2O2/c19-14-7-3-8-15(11-14)20-17(22)12-18(23)21-10-4-6-13-5-1-2-9-16(13)21/h1-3,5,7-9,11H,4,6,10,12H2,(H,20,22). The quantitative estimate of drug-likeness (QED) is 0.885. The Hall–Kier alpha value is -2.69. The summed E-state index contributed by atoms with van der Waals surface area (Å²) in [6.07, 6.45) is 1.56. The Morgan fingerprint density at radius 3 is 2.78 bits per heavy atom. The molecule has 1 heterocycles. The number of hydrogen-bond acceptors (Lipinski definition) is 2. The van der Waals surface area contributed by atoms with Gasteiger partial charge >= 0.3 is 0 Å². The van der Waals surface area contributed by atoms with E-state index >= 15 is 0 Å². The number of rotatable bonds is 3. The molecule has 0 fully saturated rings. The molecule has 0 atom stereocenters. The second-order valence-corrected chi connectivity index (χ2v) is 5.51. The molecule has 2 aromatic rings. The lowest BCUT2D eigenvalue weighted by Gasteiger charge is -2.29. The van der Waals surface area contributed by atoms with Crippen LogP contribution in [0.5, 0.6) is 0 Å². The summed E-state index contributed by atoms with van der Waals surface area (Å²) in [6.45, 7) is 0.614. The SMILES string of the molecule is O=C(CC(=O)N1CCCc2ccccc21)Nc1cccc(F)c1. The highest BCUT2D eigenvalue weighted by atomic mass is 19.1. The van der Waals surface area contributed by atoms with Gasteiger partial charge in [-0.2, -0.15) is 0 Å². The molecule has 2 aromatic carbocycles. The lowest BCUT2D eigenvalue weighted by atomic mass is 10.0. The molecule has 4 nitrogen and oxygen atoms in total. The van der Waals surface area contributed by atoms with Crippen LogP contribution in [-0.4, -0.2) is 18.4 Å². The van der Waals surface area contributed by atoms with E-state index in [0.29, 0.717) is 12.2 Å². The Morgan fingerprint density at radius 2 is 1.96 bits per heavy atom. The largest absolute Gasteiger partial charge is 0.326 e. The second kappa shape index (κ2) is 6.60. The summed E-state index contributed by atoms with van der Waals surface area (Å²) >= 11 is 0. The van der Waals surface area contributed by atoms with E-state index in [4.69, 9.17) is 0 Å². The Labute approximate surface area is 133 Å². The molecule has 1 aliphatic heterocycles. The van der Waals surface area contributed by atoms with Crippen LogP contribution in [0, 0.1) is 5.82 Å². The first-order valence-electron chi connectivity index (χ1n) is 7.57. The summed E-state index contributed by atoms with van der Waals surface area (Å²) in [4.78, 5) is 26.1. The molecule has 0 bridgehead atoms. The van der Waals surface area contributed by atoms with Crippen molar-refractivity contribution in [1.82, 2.24) is 0 Å². The second-order valence-electron chi connectivity index (χ2n) is 5.51. The van der Waals surface area contributed by atoms with Crippen LogP contribution in [0.3, 0.4) is 0 Å². The number of para-hydroxylation sites is 1. The van der Waals surface area contributed by atoms with Gasteiger partial charge in [0.1, 0.15) is 12.2 Å². The molecule has 0 radical (unpaired) electrons. The van der Waals surface area contributed by atoms with Crippen LogP contribution in [0.1, 0.15) is 18.4 Å². The van der Waals surface area contributed by atoms with Crippen molar-refractivity contribution in [2.24, 2.45) is 0 Å². The zero-order valence-corrected chi connectivity index (χ0v) is 12.6. The van der Waals surface area contributed by atoms with Gasteiger partial charge in [-0.1, -0.05) is 24.3 Å². The van der Waals surface area contributed by atoms with Crippen molar-refractivity contribution in [3.8, 4) is 0 Å². The summed E-state index contributed by atoms with van der Waals surface area (Å²) in [6, 6.07) is 13.3. The normalized spacial score (nSPS) is 13.3. The van der Waals surface area contributed by atoms with Crippen molar-refractivity contribution in [3.63, 3.8) is 0 Å². The first kappa shape index (κ1) is 15.2. The number of carbonyl (C=O) groups excluding carboxylic acids is 2. The average molecular weight is 312 g/mol. The molecule has 0 spiro atoms. The molecule has 5 heteroatoms. The first-order chi connectivity index (χ1) is 11.1. The van der Waals surface area contributed by atoms with E-state index in [1.165, 1.54) is 18.2 Å². The summed E-state index contributed by atoms with van der Waals surface area (Å²) < 4.78 is 13.1. The number of nitrogens with zero attached hydrogens (tertiary/aromatic N) is 1. The molecule has 0 saturated heterocycles. The Morgan fingerprint density at radius 1 is 1.13 bits per heavy atom. The monoisotopic (exact) mass is 312 g/mol. The average Bonchev–Trinajstić information content (AvgIpc) is 2.54. The fraction of sp³-hybridized carbons (Fsp3) is 0.222. The van der Waals surface area contributed by atoms with E-state index < -0.39 is 11.7 Å². The molecule has 0 unspecified atom stereocenters. The van der Waals surface area contributed by atoms with E-state index in [0.717, 1.165) is 24.1 Å². The topological polar surface area (TPSA) is 49.4 Å². The summed E-state index contributed by atoms with van der Waals surface area (Å²) in [5.41, 5.74) is 2.35. The van der Waals surface area contributed by atoms with Crippen LogP contribution in [0.2, 0.25) is 0 Å². The highest BCUT2D eigenvalue weighted by Crippen LogP contribution is 2.27. The van der Waals surface area contributed by atoms with E-state index in [1.807, 2.05) is 24.3 Å². The van der Waals surface area contributed by atoms with Crippen molar-refractivity contribution in [1.29, 1.82) is 0 Å². The van der Waals surface area contributed by atoms with Gasteiger partial charge in [0.25, 0.3) is 0 Å². The minimum Gasteiger partial charge on any atom is -0.326 e. The zero-order chi connectivity index (χ0) is 16.2. The number of anilines is 2. The minimum absolute atomic E-state index is 0.244. The summed E-state index contributed by atoms with van der Waals surface area (Å²) in [7, 11) is 0.